The highest BCUT2D eigenvalue weighted by atomic mass is 32.2. The van der Waals surface area contributed by atoms with Gasteiger partial charge in [0.05, 0.1) is 12.2 Å². The summed E-state index contributed by atoms with van der Waals surface area (Å²) in [5, 5.41) is 60.5. The maximum Gasteiger partial charge on any atom is 0.306 e. The van der Waals surface area contributed by atoms with E-state index in [1.54, 1.807) is 0 Å². The van der Waals surface area contributed by atoms with Gasteiger partial charge in [-0.3, -0.25) is 14.4 Å². The van der Waals surface area contributed by atoms with E-state index in [4.69, 9.17) is 15.2 Å². The number of nitrogens with one attached hydrogen (secondary N) is 1. The molecule has 0 aromatic carbocycles. The molecule has 1 amide bonds. The van der Waals surface area contributed by atoms with Crippen LogP contribution in [0.3, 0.4) is 0 Å². The third-order valence-corrected chi connectivity index (χ3v) is 10.0. The highest BCUT2D eigenvalue weighted by Gasteiger charge is 2.49. The van der Waals surface area contributed by atoms with Gasteiger partial charge in [-0.05, 0) is 12.8 Å². The van der Waals surface area contributed by atoms with Crippen LogP contribution in [0.1, 0.15) is 123 Å². The van der Waals surface area contributed by atoms with Gasteiger partial charge < -0.3 is 46.1 Å². The second-order valence-electron chi connectivity index (χ2n) is 13.2. The topological polar surface area (TPSA) is 240 Å². The zero-order chi connectivity index (χ0) is 36.9. The highest BCUT2D eigenvalue weighted by molar-refractivity contribution is 7.99. The van der Waals surface area contributed by atoms with Crippen molar-refractivity contribution < 1.29 is 49.4 Å². The number of amides is 1. The van der Waals surface area contributed by atoms with Gasteiger partial charge >= 0.3 is 11.9 Å². The van der Waals surface area contributed by atoms with E-state index >= 15 is 0 Å². The largest absolute Gasteiger partial charge is 0.462 e. The Morgan fingerprint density at radius 2 is 1.28 bits per heavy atom. The lowest BCUT2D eigenvalue weighted by Crippen LogP contribution is -2.61. The van der Waals surface area contributed by atoms with E-state index in [0.717, 1.165) is 56.0 Å². The first kappa shape index (κ1) is 43.8. The normalized spacial score (nSPS) is 23.3. The average Bonchev–Trinajstić information content (AvgIpc) is 3.55. The van der Waals surface area contributed by atoms with Crippen LogP contribution in [-0.2, 0) is 23.9 Å². The number of anilines is 1. The number of aromatic nitrogens is 3. The van der Waals surface area contributed by atoms with Crippen LogP contribution in [0.4, 0.5) is 5.82 Å². The van der Waals surface area contributed by atoms with Crippen LogP contribution in [-0.4, -0.2) is 119 Å². The van der Waals surface area contributed by atoms with Crippen LogP contribution in [0.15, 0.2) is 6.20 Å². The average molecular weight is 732 g/mol. The molecule has 8 N–H and O–H groups in total. The predicted molar refractivity (Wildman–Crippen MR) is 189 cm³/mol. The first-order valence-corrected chi connectivity index (χ1v) is 19.5. The number of carbonyl (C=O) groups excluding carboxylic acids is 3. The Morgan fingerprint density at radius 1 is 0.780 bits per heavy atom. The molecule has 0 bridgehead atoms. The number of aliphatic hydroxyl groups excluding tert-OH is 5. The minimum Gasteiger partial charge on any atom is -0.462 e. The molecule has 0 spiro atoms. The molecule has 1 aliphatic rings. The summed E-state index contributed by atoms with van der Waals surface area (Å²) in [6, 6.07) is -2.36. The van der Waals surface area contributed by atoms with Gasteiger partial charge in [0, 0.05) is 24.3 Å². The summed E-state index contributed by atoms with van der Waals surface area (Å²) in [5.74, 6) is -0.991. The van der Waals surface area contributed by atoms with Crippen LogP contribution in [0.25, 0.3) is 0 Å². The number of ether oxygens (including phenoxy) is 2. The number of esters is 2. The number of nitrogens with zero attached hydrogens (tertiary/aromatic N) is 3. The van der Waals surface area contributed by atoms with E-state index in [0.29, 0.717) is 6.42 Å². The molecule has 2 unspecified atom stereocenters. The summed E-state index contributed by atoms with van der Waals surface area (Å²) in [4.78, 5) is 37.8. The molecule has 0 saturated heterocycles. The summed E-state index contributed by atoms with van der Waals surface area (Å²) in [6.07, 6.45) is 7.49. The van der Waals surface area contributed by atoms with Gasteiger partial charge in [0.1, 0.15) is 49.3 Å². The Labute approximate surface area is 300 Å². The Morgan fingerprint density at radius 3 is 1.84 bits per heavy atom. The van der Waals surface area contributed by atoms with Crippen molar-refractivity contribution in [3.05, 3.63) is 6.20 Å². The maximum absolute atomic E-state index is 12.8. The summed E-state index contributed by atoms with van der Waals surface area (Å²) in [6.45, 7) is 4.25. The summed E-state index contributed by atoms with van der Waals surface area (Å²) < 4.78 is 12.1. The van der Waals surface area contributed by atoms with Gasteiger partial charge in [-0.2, -0.15) is 11.8 Å². The molecule has 288 valence electrons. The first-order valence-electron chi connectivity index (χ1n) is 18.3. The Bertz CT molecular complexity index is 1100. The fraction of sp³-hybridized carbons (Fsp3) is 0.853. The van der Waals surface area contributed by atoms with Crippen LogP contribution in [0.2, 0.25) is 0 Å². The SMILES string of the molecule is CCCCCCCCCC(=O)OC[C@H](CSC[C@@H](N)C(=O)Nc1cn(C2[C@H](O)[C@H](O)C(O)[C@H](O)[C@H]2O)nn1)OC(=O)CCCCCCCCC. The van der Waals surface area contributed by atoms with E-state index in [2.05, 4.69) is 29.5 Å². The van der Waals surface area contributed by atoms with Gasteiger partial charge in [0.15, 0.2) is 5.82 Å². The molecular weight excluding hydrogens is 670 g/mol. The van der Waals surface area contributed by atoms with Gasteiger partial charge in [0.2, 0.25) is 5.91 Å². The van der Waals surface area contributed by atoms with Crippen molar-refractivity contribution in [2.75, 3.05) is 23.4 Å². The maximum atomic E-state index is 12.8. The lowest BCUT2D eigenvalue weighted by molar-refractivity contribution is -0.200. The molecule has 1 heterocycles. The minimum atomic E-state index is -1.76. The third-order valence-electron chi connectivity index (χ3n) is 8.80. The number of hydrogen-bond donors (Lipinski definition) is 7. The molecule has 15 nitrogen and oxygen atoms in total. The standard InChI is InChI=1S/C34H61N5O10S/c1-3-5-7-9-11-13-15-17-26(40)48-20-23(49-27(41)18-16-14-12-10-8-6-4-2)21-50-22-24(35)34(47)36-25-19-39(38-37-25)28-29(42)31(44)33(46)32(45)30(28)43/h19,23-24,28-33,42-46H,3-18,20-22,35H2,1-2H3,(H,36,47)/t23-,24-,28?,29+,30+,31-,32+,33?/m1/s1. The quantitative estimate of drug-likeness (QED) is 0.0535. The van der Waals surface area contributed by atoms with Crippen LogP contribution in [0.5, 0.6) is 0 Å². The molecule has 8 atom stereocenters. The second kappa shape index (κ2) is 24.8. The number of carbonyl (C=O) groups is 3. The van der Waals surface area contributed by atoms with E-state index in [9.17, 15) is 39.9 Å². The number of unbranched alkanes of at least 4 members (excludes halogenated alkanes) is 12. The van der Waals surface area contributed by atoms with E-state index in [1.165, 1.54) is 56.5 Å². The summed E-state index contributed by atoms with van der Waals surface area (Å²) in [5.41, 5.74) is 6.10. The first-order chi connectivity index (χ1) is 24.0. The fourth-order valence-electron chi connectivity index (χ4n) is 5.70. The van der Waals surface area contributed by atoms with Crippen LogP contribution < -0.4 is 11.1 Å². The van der Waals surface area contributed by atoms with Crippen molar-refractivity contribution in [1.82, 2.24) is 15.0 Å². The lowest BCUT2D eigenvalue weighted by atomic mass is 9.83. The molecule has 1 saturated carbocycles. The van der Waals surface area contributed by atoms with Crippen molar-refractivity contribution >= 4 is 35.4 Å². The molecular formula is C34H61N5O10S. The number of hydrogen-bond acceptors (Lipinski definition) is 14. The Kier molecular flexibility index (Phi) is 21.7. The molecule has 0 aliphatic heterocycles. The molecule has 1 aromatic rings. The van der Waals surface area contributed by atoms with Gasteiger partial charge in [0.25, 0.3) is 0 Å². The van der Waals surface area contributed by atoms with Crippen molar-refractivity contribution in [2.24, 2.45) is 5.73 Å². The molecule has 16 heteroatoms. The molecule has 1 fully saturated rings. The number of aliphatic hydroxyl groups is 5. The second-order valence-corrected chi connectivity index (χ2v) is 14.3. The van der Waals surface area contributed by atoms with Crippen LogP contribution >= 0.6 is 11.8 Å². The summed E-state index contributed by atoms with van der Waals surface area (Å²) in [7, 11) is 0. The molecule has 1 aliphatic carbocycles. The smallest absolute Gasteiger partial charge is 0.306 e. The van der Waals surface area contributed by atoms with Crippen molar-refractivity contribution in [3.8, 4) is 0 Å². The zero-order valence-electron chi connectivity index (χ0n) is 29.7. The molecule has 50 heavy (non-hydrogen) atoms. The number of rotatable bonds is 26. The minimum absolute atomic E-state index is 0.0602. The van der Waals surface area contributed by atoms with Crippen molar-refractivity contribution in [1.29, 1.82) is 0 Å². The molecule has 1 aromatic heterocycles. The van der Waals surface area contributed by atoms with Crippen molar-refractivity contribution in [2.45, 2.75) is 165 Å². The Balaban J connectivity index is 1.84. The number of nitrogens with two attached hydrogens (primary N) is 1. The third kappa shape index (κ3) is 15.9. The summed E-state index contributed by atoms with van der Waals surface area (Å²) >= 11 is 1.26. The van der Waals surface area contributed by atoms with Gasteiger partial charge in [-0.1, -0.05) is 96.1 Å². The lowest BCUT2D eigenvalue weighted by Gasteiger charge is -2.41. The van der Waals surface area contributed by atoms with E-state index in [1.807, 2.05) is 0 Å². The van der Waals surface area contributed by atoms with Gasteiger partial charge in [-0.25, -0.2) is 4.68 Å². The van der Waals surface area contributed by atoms with Gasteiger partial charge in [-0.15, -0.1) is 5.10 Å². The van der Waals surface area contributed by atoms with E-state index in [-0.39, 0.29) is 42.3 Å². The predicted octanol–water partition coefficient (Wildman–Crippen LogP) is 2.37. The monoisotopic (exact) mass is 731 g/mol. The zero-order valence-corrected chi connectivity index (χ0v) is 30.6. The number of thioether (sulfide) groups is 1. The highest BCUT2D eigenvalue weighted by Crippen LogP contribution is 2.30. The van der Waals surface area contributed by atoms with Crippen molar-refractivity contribution in [3.63, 3.8) is 0 Å². The molecule has 2 rings (SSSR count). The fourth-order valence-corrected chi connectivity index (χ4v) is 6.67. The van der Waals surface area contributed by atoms with Crippen LogP contribution in [0, 0.1) is 0 Å². The molecule has 0 radical (unpaired) electrons. The Hall–Kier alpha value is -2.34. The van der Waals surface area contributed by atoms with E-state index < -0.39 is 54.6 Å².